The minimum Gasteiger partial charge on any atom is -0.481 e. The van der Waals surface area contributed by atoms with Crippen LogP contribution in [-0.2, 0) is 16.0 Å². The summed E-state index contributed by atoms with van der Waals surface area (Å²) < 4.78 is 0. The number of amides is 1. The van der Waals surface area contributed by atoms with E-state index < -0.39 is 5.97 Å². The highest BCUT2D eigenvalue weighted by atomic mass is 16.4. The van der Waals surface area contributed by atoms with Gasteiger partial charge in [-0.05, 0) is 56.7 Å². The molecule has 34 heavy (non-hydrogen) atoms. The molecule has 8 nitrogen and oxygen atoms in total. The molecule has 0 bridgehead atoms. The van der Waals surface area contributed by atoms with Crippen LogP contribution in [0.15, 0.2) is 30.5 Å². The van der Waals surface area contributed by atoms with Crippen LogP contribution in [0.25, 0.3) is 0 Å². The van der Waals surface area contributed by atoms with Crippen molar-refractivity contribution >= 4 is 29.3 Å². The Morgan fingerprint density at radius 3 is 2.59 bits per heavy atom. The second-order valence-corrected chi connectivity index (χ2v) is 9.68. The molecule has 1 atom stereocenters. The van der Waals surface area contributed by atoms with E-state index in [1.54, 1.807) is 0 Å². The molecule has 2 aliphatic rings. The third-order valence-corrected chi connectivity index (χ3v) is 7.28. The zero-order valence-corrected chi connectivity index (χ0v) is 20.1. The van der Waals surface area contributed by atoms with Crippen LogP contribution < -0.4 is 15.5 Å². The van der Waals surface area contributed by atoms with Crippen LogP contribution in [0.1, 0.15) is 56.6 Å². The van der Waals surface area contributed by atoms with E-state index in [9.17, 15) is 14.7 Å². The largest absolute Gasteiger partial charge is 0.481 e. The molecule has 182 valence electrons. The summed E-state index contributed by atoms with van der Waals surface area (Å²) in [5, 5.41) is 15.8. The first-order valence-electron chi connectivity index (χ1n) is 12.4. The lowest BCUT2D eigenvalue weighted by atomic mass is 9.77. The fourth-order valence-corrected chi connectivity index (χ4v) is 5.05. The average Bonchev–Trinajstić information content (AvgIpc) is 3.18. The number of anilines is 3. The molecule has 1 aromatic carbocycles. The van der Waals surface area contributed by atoms with Gasteiger partial charge in [0.15, 0.2) is 0 Å². The Kier molecular flexibility index (Phi) is 7.34. The number of carbonyl (C=O) groups excluding carboxylic acids is 1. The summed E-state index contributed by atoms with van der Waals surface area (Å²) in [6.07, 6.45) is 7.62. The third-order valence-electron chi connectivity index (χ3n) is 7.28. The Hall–Kier alpha value is -3.16. The minimum absolute atomic E-state index is 0.198. The van der Waals surface area contributed by atoms with Crippen LogP contribution in [0, 0.1) is 18.3 Å². The zero-order valence-electron chi connectivity index (χ0n) is 20.1. The van der Waals surface area contributed by atoms with E-state index in [0.717, 1.165) is 74.4 Å². The number of carbonyl (C=O) groups is 2. The first kappa shape index (κ1) is 24.0. The van der Waals surface area contributed by atoms with E-state index in [2.05, 4.69) is 27.4 Å². The molecule has 8 heteroatoms. The summed E-state index contributed by atoms with van der Waals surface area (Å²) >= 11 is 0. The lowest BCUT2D eigenvalue weighted by molar-refractivity contribution is -0.142. The van der Waals surface area contributed by atoms with Gasteiger partial charge in [0.1, 0.15) is 5.82 Å². The molecule has 1 aromatic heterocycles. The van der Waals surface area contributed by atoms with Crippen molar-refractivity contribution in [3.8, 4) is 0 Å². The molecule has 3 N–H and O–H groups in total. The fourth-order valence-electron chi connectivity index (χ4n) is 5.05. The van der Waals surface area contributed by atoms with E-state index in [1.807, 2.05) is 37.4 Å². The molecule has 1 unspecified atom stereocenters. The van der Waals surface area contributed by atoms with Crippen molar-refractivity contribution in [2.24, 2.45) is 11.3 Å². The predicted molar refractivity (Wildman–Crippen MR) is 132 cm³/mol. The van der Waals surface area contributed by atoms with Crippen LogP contribution in [-0.4, -0.2) is 46.6 Å². The molecule has 4 rings (SSSR count). The molecular formula is C26H35N5O3. The van der Waals surface area contributed by atoms with E-state index in [-0.39, 0.29) is 17.2 Å². The Morgan fingerprint density at radius 2 is 1.97 bits per heavy atom. The van der Waals surface area contributed by atoms with Crippen molar-refractivity contribution in [2.75, 3.05) is 29.9 Å². The van der Waals surface area contributed by atoms with Crippen LogP contribution >= 0.6 is 0 Å². The van der Waals surface area contributed by atoms with Gasteiger partial charge in [-0.2, -0.15) is 4.98 Å². The number of aromatic nitrogens is 2. The average molecular weight is 466 g/mol. The van der Waals surface area contributed by atoms with Crippen molar-refractivity contribution < 1.29 is 14.7 Å². The summed E-state index contributed by atoms with van der Waals surface area (Å²) in [7, 11) is 0. The van der Waals surface area contributed by atoms with Gasteiger partial charge in [-0.15, -0.1) is 0 Å². The molecule has 0 radical (unpaired) electrons. The van der Waals surface area contributed by atoms with Gasteiger partial charge in [-0.3, -0.25) is 9.59 Å². The van der Waals surface area contributed by atoms with E-state index in [4.69, 9.17) is 4.98 Å². The maximum Gasteiger partial charge on any atom is 0.306 e. The van der Waals surface area contributed by atoms with Gasteiger partial charge in [0.2, 0.25) is 11.9 Å². The first-order valence-corrected chi connectivity index (χ1v) is 12.4. The number of nitrogens with one attached hydrogen (secondary N) is 2. The molecule has 2 saturated heterocycles. The molecule has 2 aromatic rings. The summed E-state index contributed by atoms with van der Waals surface area (Å²) in [6, 6.07) is 7.83. The highest BCUT2D eigenvalue weighted by Crippen LogP contribution is 2.39. The third kappa shape index (κ3) is 5.32. The number of rotatable bonds is 9. The molecule has 0 aliphatic carbocycles. The van der Waals surface area contributed by atoms with E-state index in [0.29, 0.717) is 18.8 Å². The topological polar surface area (TPSA) is 107 Å². The first-order chi connectivity index (χ1) is 16.4. The van der Waals surface area contributed by atoms with Crippen LogP contribution in [0.3, 0.4) is 0 Å². The van der Waals surface area contributed by atoms with Crippen molar-refractivity contribution in [1.82, 2.24) is 15.3 Å². The Bertz CT molecular complexity index is 1020. The number of benzene rings is 1. The van der Waals surface area contributed by atoms with Crippen molar-refractivity contribution in [1.29, 1.82) is 0 Å². The fraction of sp³-hybridized carbons (Fsp3) is 0.538. The van der Waals surface area contributed by atoms with E-state index in [1.165, 1.54) is 0 Å². The van der Waals surface area contributed by atoms with Crippen molar-refractivity contribution in [3.05, 3.63) is 41.6 Å². The van der Waals surface area contributed by atoms with Gasteiger partial charge in [0, 0.05) is 37.1 Å². The summed E-state index contributed by atoms with van der Waals surface area (Å²) in [6.45, 7) is 6.49. The lowest BCUT2D eigenvalue weighted by Crippen LogP contribution is -2.44. The second-order valence-electron chi connectivity index (χ2n) is 9.68. The second kappa shape index (κ2) is 10.4. The van der Waals surface area contributed by atoms with Gasteiger partial charge < -0.3 is 20.6 Å². The summed E-state index contributed by atoms with van der Waals surface area (Å²) in [5.74, 6) is 0.563. The number of unbranched alkanes of at least 4 members (excludes halogenated alkanes) is 1. The molecule has 2 fully saturated rings. The van der Waals surface area contributed by atoms with Crippen LogP contribution in [0.5, 0.6) is 0 Å². The van der Waals surface area contributed by atoms with Gasteiger partial charge in [0.25, 0.3) is 0 Å². The summed E-state index contributed by atoms with van der Waals surface area (Å²) in [5.41, 5.74) is 2.69. The highest BCUT2D eigenvalue weighted by Gasteiger charge is 2.44. The normalized spacial score (nSPS) is 18.1. The number of carboxylic acid groups (broad SMARTS) is 1. The van der Waals surface area contributed by atoms with Gasteiger partial charge in [0.05, 0.1) is 11.3 Å². The standard InChI is InChI=1S/C26H35N5O3/c1-3-4-5-20(23(32)33)16-19-6-8-21(9-7-19)29-25-28-17-18(2)22(30-25)31-14-11-26(12-15-31)10-13-27-24(26)34/h6-9,17,20H,3-5,10-16H2,1-2H3,(H,27,34)(H,32,33)(H,28,29,30). The number of nitrogens with zero attached hydrogens (tertiary/aromatic N) is 3. The molecule has 1 amide bonds. The number of aliphatic carboxylic acids is 1. The van der Waals surface area contributed by atoms with Gasteiger partial charge in [-0.25, -0.2) is 4.98 Å². The minimum atomic E-state index is -0.728. The van der Waals surface area contributed by atoms with Crippen LogP contribution in [0.4, 0.5) is 17.5 Å². The van der Waals surface area contributed by atoms with Crippen molar-refractivity contribution in [2.45, 2.75) is 58.8 Å². The maximum atomic E-state index is 12.3. The number of hydrogen-bond acceptors (Lipinski definition) is 6. The Morgan fingerprint density at radius 1 is 1.24 bits per heavy atom. The Labute approximate surface area is 201 Å². The Balaban J connectivity index is 1.39. The number of carboxylic acids is 1. The summed E-state index contributed by atoms with van der Waals surface area (Å²) in [4.78, 5) is 35.3. The predicted octanol–water partition coefficient (Wildman–Crippen LogP) is 4.07. The molecule has 2 aliphatic heterocycles. The quantitative estimate of drug-likeness (QED) is 0.512. The van der Waals surface area contributed by atoms with Gasteiger partial charge >= 0.3 is 5.97 Å². The van der Waals surface area contributed by atoms with E-state index >= 15 is 0 Å². The number of hydrogen-bond donors (Lipinski definition) is 3. The van der Waals surface area contributed by atoms with Crippen LogP contribution in [0.2, 0.25) is 0 Å². The molecule has 1 spiro atoms. The zero-order chi connectivity index (χ0) is 24.1. The smallest absolute Gasteiger partial charge is 0.306 e. The van der Waals surface area contributed by atoms with Crippen molar-refractivity contribution in [3.63, 3.8) is 0 Å². The molecule has 3 heterocycles. The molecule has 0 saturated carbocycles. The van der Waals surface area contributed by atoms with Gasteiger partial charge in [-0.1, -0.05) is 31.9 Å². The number of piperidine rings is 1. The lowest BCUT2D eigenvalue weighted by Gasteiger charge is -2.38. The maximum absolute atomic E-state index is 12.3. The SMILES string of the molecule is CCCCC(Cc1ccc(Nc2ncc(C)c(N3CCC4(CCNC4=O)CC3)n2)cc1)C(=O)O. The molecular weight excluding hydrogens is 430 g/mol. The monoisotopic (exact) mass is 465 g/mol. The number of aryl methyl sites for hydroxylation is 1. The highest BCUT2D eigenvalue weighted by molar-refractivity contribution is 5.85.